The van der Waals surface area contributed by atoms with Gasteiger partial charge in [-0.3, -0.25) is 9.52 Å². The molecule has 1 aromatic heterocycles. The van der Waals surface area contributed by atoms with Crippen LogP contribution >= 0.6 is 0 Å². The lowest BCUT2D eigenvalue weighted by atomic mass is 10.7. The Morgan fingerprint density at radius 3 is 2.80 bits per heavy atom. The van der Waals surface area contributed by atoms with Crippen molar-refractivity contribution in [2.45, 2.75) is 5.03 Å². The number of rotatable bonds is 6. The van der Waals surface area contributed by atoms with E-state index < -0.39 is 10.0 Å². The third kappa shape index (κ3) is 3.27. The number of hydrogen-bond acceptors (Lipinski definition) is 5. The molecule has 0 spiro atoms. The van der Waals surface area contributed by atoms with Crippen molar-refractivity contribution in [2.24, 2.45) is 7.05 Å². The van der Waals surface area contributed by atoms with Crippen LogP contribution in [0.1, 0.15) is 0 Å². The monoisotopic (exact) mass is 235 g/mol. The Morgan fingerprint density at radius 1 is 1.53 bits per heavy atom. The molecule has 0 amide bonds. The maximum Gasteiger partial charge on any atom is 0.279 e. The van der Waals surface area contributed by atoms with E-state index in [1.807, 2.05) is 4.89 Å². The van der Waals surface area contributed by atoms with Gasteiger partial charge in [0, 0.05) is 14.2 Å². The van der Waals surface area contributed by atoms with E-state index in [-0.39, 0.29) is 11.6 Å². The summed E-state index contributed by atoms with van der Waals surface area (Å²) < 4.78 is 29.0. The fourth-order valence-electron chi connectivity index (χ4n) is 0.912. The van der Waals surface area contributed by atoms with Gasteiger partial charge in [0.25, 0.3) is 10.0 Å². The zero-order valence-electron chi connectivity index (χ0n) is 8.50. The molecule has 86 valence electrons. The third-order valence-electron chi connectivity index (χ3n) is 1.61. The number of ether oxygens (including phenoxy) is 1. The van der Waals surface area contributed by atoms with Gasteiger partial charge in [0.2, 0.25) is 0 Å². The van der Waals surface area contributed by atoms with Gasteiger partial charge in [-0.2, -0.15) is 5.10 Å². The van der Waals surface area contributed by atoms with E-state index in [0.29, 0.717) is 6.61 Å². The maximum atomic E-state index is 11.5. The summed E-state index contributed by atoms with van der Waals surface area (Å²) in [6.45, 7) is 0.460. The molecule has 0 aliphatic heterocycles. The Bertz CT molecular complexity index is 400. The van der Waals surface area contributed by atoms with E-state index in [2.05, 4.69) is 5.10 Å². The number of methoxy groups -OCH3 is 1. The average molecular weight is 235 g/mol. The highest BCUT2D eigenvalue weighted by Gasteiger charge is 2.17. The topological polar surface area (TPSA) is 82.4 Å². The lowest BCUT2D eigenvalue weighted by molar-refractivity contribution is 0.0436. The molecule has 0 aliphatic rings. The molecule has 0 aromatic carbocycles. The van der Waals surface area contributed by atoms with Gasteiger partial charge in [0.05, 0.1) is 19.4 Å². The van der Waals surface area contributed by atoms with Crippen molar-refractivity contribution in [3.05, 3.63) is 12.3 Å². The summed E-state index contributed by atoms with van der Waals surface area (Å²) in [6.07, 6.45) is 1.39. The van der Waals surface area contributed by atoms with Crippen LogP contribution in [-0.4, -0.2) is 38.5 Å². The summed E-state index contributed by atoms with van der Waals surface area (Å²) >= 11 is 0. The van der Waals surface area contributed by atoms with E-state index in [1.165, 1.54) is 31.1 Å². The smallest absolute Gasteiger partial charge is 0.279 e. The Labute approximate surface area is 88.0 Å². The number of sulfonamides is 1. The molecular formula is C7H13N3O4S. The van der Waals surface area contributed by atoms with Crippen LogP contribution in [0.4, 0.5) is 0 Å². The van der Waals surface area contributed by atoms with E-state index in [0.717, 1.165) is 0 Å². The molecule has 1 heterocycles. The third-order valence-corrected chi connectivity index (χ3v) is 2.90. The Balaban J connectivity index is 2.57. The Hall–Kier alpha value is -0.960. The van der Waals surface area contributed by atoms with E-state index >= 15 is 0 Å². The molecule has 0 saturated heterocycles. The summed E-state index contributed by atoms with van der Waals surface area (Å²) in [6, 6.07) is 1.38. The highest BCUT2D eigenvalue weighted by Crippen LogP contribution is 2.05. The van der Waals surface area contributed by atoms with Crippen molar-refractivity contribution >= 4 is 10.0 Å². The molecule has 1 N–H and O–H groups in total. The van der Waals surface area contributed by atoms with Crippen LogP contribution < -0.4 is 4.89 Å². The number of aromatic nitrogens is 2. The van der Waals surface area contributed by atoms with Gasteiger partial charge in [-0.25, -0.2) is 8.42 Å². The van der Waals surface area contributed by atoms with Crippen molar-refractivity contribution in [3.8, 4) is 0 Å². The lowest BCUT2D eigenvalue weighted by Gasteiger charge is -2.06. The van der Waals surface area contributed by atoms with Crippen LogP contribution in [-0.2, 0) is 26.6 Å². The lowest BCUT2D eigenvalue weighted by Crippen LogP contribution is -2.27. The second-order valence-corrected chi connectivity index (χ2v) is 4.31. The zero-order valence-corrected chi connectivity index (χ0v) is 9.32. The molecule has 8 heteroatoms. The second kappa shape index (κ2) is 5.21. The first kappa shape index (κ1) is 12.1. The molecule has 0 aliphatic carbocycles. The van der Waals surface area contributed by atoms with E-state index in [4.69, 9.17) is 9.57 Å². The van der Waals surface area contributed by atoms with Gasteiger partial charge in [0.1, 0.15) is 0 Å². The normalized spacial score (nSPS) is 11.9. The first-order valence-electron chi connectivity index (χ1n) is 4.18. The number of aryl methyl sites for hydroxylation is 1. The summed E-state index contributed by atoms with van der Waals surface area (Å²) in [5, 5.41) is 3.79. The first-order chi connectivity index (χ1) is 7.08. The molecule has 0 bridgehead atoms. The van der Waals surface area contributed by atoms with E-state index in [9.17, 15) is 8.42 Å². The molecule has 1 rings (SSSR count). The van der Waals surface area contributed by atoms with Gasteiger partial charge in [-0.15, -0.1) is 0 Å². The number of nitrogens with zero attached hydrogens (tertiary/aromatic N) is 2. The minimum Gasteiger partial charge on any atom is -0.382 e. The largest absolute Gasteiger partial charge is 0.382 e. The van der Waals surface area contributed by atoms with Gasteiger partial charge in [0.15, 0.2) is 5.03 Å². The van der Waals surface area contributed by atoms with E-state index in [1.54, 1.807) is 0 Å². The molecule has 1 aromatic rings. The molecule has 0 unspecified atom stereocenters. The first-order valence-corrected chi connectivity index (χ1v) is 5.67. The highest BCUT2D eigenvalue weighted by atomic mass is 32.2. The van der Waals surface area contributed by atoms with Gasteiger partial charge in [-0.1, -0.05) is 4.89 Å². The predicted molar refractivity (Wildman–Crippen MR) is 51.4 cm³/mol. The van der Waals surface area contributed by atoms with Gasteiger partial charge in [-0.05, 0) is 6.07 Å². The summed E-state index contributed by atoms with van der Waals surface area (Å²) in [7, 11) is -0.625. The van der Waals surface area contributed by atoms with Crippen LogP contribution in [0.2, 0.25) is 0 Å². The standard InChI is InChI=1S/C7H13N3O4S/c1-10-7(3-4-8-10)15(11,12)9-14-6-5-13-2/h3-4,9H,5-6H2,1-2H3. The van der Waals surface area contributed by atoms with Gasteiger partial charge < -0.3 is 4.74 Å². The van der Waals surface area contributed by atoms with Crippen molar-refractivity contribution in [2.75, 3.05) is 20.3 Å². The molecular weight excluding hydrogens is 222 g/mol. The number of hydrogen-bond donors (Lipinski definition) is 1. The SMILES string of the molecule is COCCONS(=O)(=O)c1ccnn1C. The van der Waals surface area contributed by atoms with Crippen LogP contribution in [0.5, 0.6) is 0 Å². The predicted octanol–water partition coefficient (Wildman–Crippen LogP) is -0.724. The Kier molecular flexibility index (Phi) is 4.21. The van der Waals surface area contributed by atoms with Crippen molar-refractivity contribution < 1.29 is 18.0 Å². The van der Waals surface area contributed by atoms with Crippen LogP contribution in [0.15, 0.2) is 17.3 Å². The average Bonchev–Trinajstić information content (AvgIpc) is 2.60. The minimum absolute atomic E-state index is 0.0416. The summed E-state index contributed by atoms with van der Waals surface area (Å²) in [5.74, 6) is 0. The minimum atomic E-state index is -3.66. The summed E-state index contributed by atoms with van der Waals surface area (Å²) in [5.41, 5.74) is 0. The van der Waals surface area contributed by atoms with Crippen LogP contribution in [0, 0.1) is 0 Å². The molecule has 7 nitrogen and oxygen atoms in total. The molecule has 15 heavy (non-hydrogen) atoms. The van der Waals surface area contributed by atoms with Crippen LogP contribution in [0.3, 0.4) is 0 Å². The van der Waals surface area contributed by atoms with Gasteiger partial charge >= 0.3 is 0 Å². The molecule has 0 fully saturated rings. The van der Waals surface area contributed by atoms with Crippen molar-refractivity contribution in [1.82, 2.24) is 14.7 Å². The summed E-state index contributed by atoms with van der Waals surface area (Å²) in [4.78, 5) is 6.68. The molecule has 0 atom stereocenters. The second-order valence-electron chi connectivity index (χ2n) is 2.72. The number of nitrogens with one attached hydrogen (secondary N) is 1. The quantitative estimate of drug-likeness (QED) is 0.519. The van der Waals surface area contributed by atoms with Crippen molar-refractivity contribution in [1.29, 1.82) is 0 Å². The highest BCUT2D eigenvalue weighted by molar-refractivity contribution is 7.89. The maximum absolute atomic E-state index is 11.5. The van der Waals surface area contributed by atoms with Crippen molar-refractivity contribution in [3.63, 3.8) is 0 Å². The fourth-order valence-corrected chi connectivity index (χ4v) is 1.87. The van der Waals surface area contributed by atoms with Crippen LogP contribution in [0.25, 0.3) is 0 Å². The molecule has 0 radical (unpaired) electrons. The zero-order chi connectivity index (χ0) is 11.3. The fraction of sp³-hybridized carbons (Fsp3) is 0.571. The molecule has 0 saturated carbocycles. The Morgan fingerprint density at radius 2 is 2.27 bits per heavy atom.